The predicted molar refractivity (Wildman–Crippen MR) is 112 cm³/mol. The van der Waals surface area contributed by atoms with Crippen molar-refractivity contribution in [1.29, 1.82) is 0 Å². The molecule has 1 aromatic carbocycles. The van der Waals surface area contributed by atoms with E-state index in [-0.39, 0.29) is 23.0 Å². The molecule has 0 bridgehead atoms. The van der Waals surface area contributed by atoms with E-state index >= 15 is 0 Å². The van der Waals surface area contributed by atoms with Crippen molar-refractivity contribution in [2.75, 3.05) is 52.4 Å². The summed E-state index contributed by atoms with van der Waals surface area (Å²) in [6, 6.07) is 4.85. The molecular weight excluding hydrogens is 404 g/mol. The van der Waals surface area contributed by atoms with Crippen molar-refractivity contribution in [1.82, 2.24) is 14.9 Å². The average Bonchev–Trinajstić information content (AvgIpc) is 2.82. The summed E-state index contributed by atoms with van der Waals surface area (Å²) >= 11 is 0. The smallest absolute Gasteiger partial charge is 0.342 e. The largest absolute Gasteiger partial charge is 0.493 e. The normalized spacial score (nSPS) is 14.6. The van der Waals surface area contributed by atoms with Crippen LogP contribution in [0.1, 0.15) is 17.3 Å². The molecule has 1 amide bonds. The van der Waals surface area contributed by atoms with Gasteiger partial charge in [-0.1, -0.05) is 0 Å². The number of esters is 1. The van der Waals surface area contributed by atoms with E-state index in [0.29, 0.717) is 37.9 Å². The number of carbonyl (C=O) groups is 2. The molecule has 2 aromatic rings. The lowest BCUT2D eigenvalue weighted by molar-refractivity contribution is -0.140. The van der Waals surface area contributed by atoms with E-state index in [1.165, 1.54) is 27.4 Å². The summed E-state index contributed by atoms with van der Waals surface area (Å²) in [5.41, 5.74) is 0.144. The molecule has 1 aliphatic rings. The van der Waals surface area contributed by atoms with Crippen LogP contribution in [0.25, 0.3) is 0 Å². The third-order valence-electron chi connectivity index (χ3n) is 4.98. The maximum Gasteiger partial charge on any atom is 0.342 e. The van der Waals surface area contributed by atoms with Crippen molar-refractivity contribution < 1.29 is 28.5 Å². The third kappa shape index (κ3) is 4.79. The van der Waals surface area contributed by atoms with Crippen molar-refractivity contribution in [3.05, 3.63) is 36.2 Å². The summed E-state index contributed by atoms with van der Waals surface area (Å²) in [6.07, 6.45) is 2.41. The van der Waals surface area contributed by atoms with Crippen molar-refractivity contribution in [3.63, 3.8) is 0 Å². The first-order chi connectivity index (χ1) is 15.0. The SMILES string of the molecule is COc1ccc(C(=O)OC(C)C(=O)N2CCN(c3ncccn3)CC2)c(OC)c1OC. The highest BCUT2D eigenvalue weighted by Gasteiger charge is 2.30. The van der Waals surface area contributed by atoms with Crippen LogP contribution in [0.2, 0.25) is 0 Å². The maximum atomic E-state index is 12.8. The minimum Gasteiger partial charge on any atom is -0.493 e. The minimum absolute atomic E-state index is 0.144. The molecule has 166 valence electrons. The van der Waals surface area contributed by atoms with E-state index in [4.69, 9.17) is 18.9 Å². The molecule has 10 heteroatoms. The quantitative estimate of drug-likeness (QED) is 0.603. The van der Waals surface area contributed by atoms with Crippen LogP contribution in [0.15, 0.2) is 30.6 Å². The molecule has 1 saturated heterocycles. The summed E-state index contributed by atoms with van der Waals surface area (Å²) in [5, 5.41) is 0. The molecule has 0 N–H and O–H groups in total. The molecule has 1 unspecified atom stereocenters. The summed E-state index contributed by atoms with van der Waals surface area (Å²) < 4.78 is 21.3. The van der Waals surface area contributed by atoms with Gasteiger partial charge in [0.05, 0.1) is 21.3 Å². The van der Waals surface area contributed by atoms with Gasteiger partial charge in [0.1, 0.15) is 5.56 Å². The van der Waals surface area contributed by atoms with Crippen LogP contribution >= 0.6 is 0 Å². The number of hydrogen-bond donors (Lipinski definition) is 0. The van der Waals surface area contributed by atoms with Crippen LogP contribution in [-0.2, 0) is 9.53 Å². The Kier molecular flexibility index (Phi) is 7.11. The van der Waals surface area contributed by atoms with Gasteiger partial charge in [0.25, 0.3) is 5.91 Å². The molecule has 1 atom stereocenters. The highest BCUT2D eigenvalue weighted by molar-refractivity contribution is 5.96. The van der Waals surface area contributed by atoms with Gasteiger partial charge >= 0.3 is 5.97 Å². The fourth-order valence-corrected chi connectivity index (χ4v) is 3.37. The molecule has 31 heavy (non-hydrogen) atoms. The molecule has 1 aliphatic heterocycles. The Labute approximate surface area is 180 Å². The van der Waals surface area contributed by atoms with Gasteiger partial charge in [-0.2, -0.15) is 0 Å². The van der Waals surface area contributed by atoms with Crippen LogP contribution in [0, 0.1) is 0 Å². The lowest BCUT2D eigenvalue weighted by Gasteiger charge is -2.35. The Morgan fingerprint density at radius 2 is 1.58 bits per heavy atom. The van der Waals surface area contributed by atoms with Crippen LogP contribution in [0.5, 0.6) is 17.2 Å². The highest BCUT2D eigenvalue weighted by atomic mass is 16.6. The molecule has 2 heterocycles. The first-order valence-electron chi connectivity index (χ1n) is 9.80. The standard InChI is InChI=1S/C21H26N4O6/c1-14(19(26)24-10-12-25(13-11-24)21-22-8-5-9-23-21)31-20(27)15-6-7-16(28-2)18(30-4)17(15)29-3/h5-9,14H,10-13H2,1-4H3. The fourth-order valence-electron chi connectivity index (χ4n) is 3.37. The number of benzene rings is 1. The first-order valence-corrected chi connectivity index (χ1v) is 9.80. The fraction of sp³-hybridized carbons (Fsp3) is 0.429. The first kappa shape index (κ1) is 22.1. The molecule has 3 rings (SSSR count). The van der Waals surface area contributed by atoms with Gasteiger partial charge < -0.3 is 28.7 Å². The molecule has 0 aliphatic carbocycles. The molecule has 1 aromatic heterocycles. The number of aromatic nitrogens is 2. The molecular formula is C21H26N4O6. The van der Waals surface area contributed by atoms with E-state index in [2.05, 4.69) is 9.97 Å². The molecule has 0 saturated carbocycles. The van der Waals surface area contributed by atoms with E-state index < -0.39 is 12.1 Å². The van der Waals surface area contributed by atoms with Crippen LogP contribution in [0.4, 0.5) is 5.95 Å². The second-order valence-corrected chi connectivity index (χ2v) is 6.79. The lowest BCUT2D eigenvalue weighted by atomic mass is 10.1. The van der Waals surface area contributed by atoms with Crippen LogP contribution in [-0.4, -0.2) is 80.4 Å². The molecule has 1 fully saturated rings. The van der Waals surface area contributed by atoms with Crippen molar-refractivity contribution in [2.45, 2.75) is 13.0 Å². The Bertz CT molecular complexity index is 916. The zero-order valence-corrected chi connectivity index (χ0v) is 18.0. The topological polar surface area (TPSA) is 103 Å². The lowest BCUT2D eigenvalue weighted by Crippen LogP contribution is -2.52. The van der Waals surface area contributed by atoms with Gasteiger partial charge in [-0.05, 0) is 25.1 Å². The van der Waals surface area contributed by atoms with Crippen molar-refractivity contribution >= 4 is 17.8 Å². The van der Waals surface area contributed by atoms with E-state index in [1.54, 1.807) is 36.4 Å². The Morgan fingerprint density at radius 3 is 2.16 bits per heavy atom. The molecule has 0 spiro atoms. The monoisotopic (exact) mass is 430 g/mol. The summed E-state index contributed by atoms with van der Waals surface area (Å²) in [6.45, 7) is 3.72. The number of ether oxygens (including phenoxy) is 4. The highest BCUT2D eigenvalue weighted by Crippen LogP contribution is 2.40. The average molecular weight is 430 g/mol. The van der Waals surface area contributed by atoms with Crippen LogP contribution in [0.3, 0.4) is 0 Å². The van der Waals surface area contributed by atoms with E-state index in [0.717, 1.165) is 0 Å². The van der Waals surface area contributed by atoms with Gasteiger partial charge in [0, 0.05) is 38.6 Å². The maximum absolute atomic E-state index is 12.8. The van der Waals surface area contributed by atoms with Crippen molar-refractivity contribution in [2.24, 2.45) is 0 Å². The second kappa shape index (κ2) is 9.96. The molecule has 0 radical (unpaired) electrons. The van der Waals surface area contributed by atoms with Gasteiger partial charge in [-0.15, -0.1) is 0 Å². The number of hydrogen-bond acceptors (Lipinski definition) is 9. The molecule has 10 nitrogen and oxygen atoms in total. The minimum atomic E-state index is -0.954. The van der Waals surface area contributed by atoms with E-state index in [1.807, 2.05) is 4.90 Å². The van der Waals surface area contributed by atoms with Gasteiger partial charge in [-0.25, -0.2) is 14.8 Å². The zero-order valence-electron chi connectivity index (χ0n) is 18.0. The summed E-state index contributed by atoms with van der Waals surface area (Å²) in [7, 11) is 4.35. The summed E-state index contributed by atoms with van der Waals surface area (Å²) in [5.74, 6) is 0.562. The third-order valence-corrected chi connectivity index (χ3v) is 4.98. The van der Waals surface area contributed by atoms with Gasteiger partial charge in [0.15, 0.2) is 17.6 Å². The second-order valence-electron chi connectivity index (χ2n) is 6.79. The zero-order chi connectivity index (χ0) is 22.4. The van der Waals surface area contributed by atoms with Gasteiger partial charge in [0.2, 0.25) is 11.7 Å². The number of piperazine rings is 1. The number of methoxy groups -OCH3 is 3. The van der Waals surface area contributed by atoms with Crippen molar-refractivity contribution in [3.8, 4) is 17.2 Å². The van der Waals surface area contributed by atoms with E-state index in [9.17, 15) is 9.59 Å². The Morgan fingerprint density at radius 1 is 0.935 bits per heavy atom. The predicted octanol–water partition coefficient (Wildman–Crippen LogP) is 1.40. The van der Waals surface area contributed by atoms with Gasteiger partial charge in [-0.3, -0.25) is 4.79 Å². The number of nitrogens with zero attached hydrogens (tertiary/aromatic N) is 4. The van der Waals surface area contributed by atoms with Crippen LogP contribution < -0.4 is 19.1 Å². The summed E-state index contributed by atoms with van der Waals surface area (Å²) in [4.78, 5) is 37.7. The number of amides is 1. The Hall–Kier alpha value is -3.56. The number of rotatable bonds is 7. The Balaban J connectivity index is 1.63. The number of anilines is 1. The number of carbonyl (C=O) groups excluding carboxylic acids is 2.